The van der Waals surface area contributed by atoms with Crippen LogP contribution in [0.5, 0.6) is 0 Å². The van der Waals surface area contributed by atoms with Crippen LogP contribution in [0.2, 0.25) is 0 Å². The highest BCUT2D eigenvalue weighted by Gasteiger charge is 2.13. The summed E-state index contributed by atoms with van der Waals surface area (Å²) in [5, 5.41) is 6.71. The van der Waals surface area contributed by atoms with Crippen molar-refractivity contribution in [1.82, 2.24) is 10.5 Å². The third-order valence-corrected chi connectivity index (χ3v) is 3.98. The zero-order valence-electron chi connectivity index (χ0n) is 14.5. The van der Waals surface area contributed by atoms with Crippen molar-refractivity contribution in [2.24, 2.45) is 0 Å². The molecule has 126 valence electrons. The Bertz CT molecular complexity index is 415. The Morgan fingerprint density at radius 3 is 2.27 bits per heavy atom. The summed E-state index contributed by atoms with van der Waals surface area (Å²) in [4.78, 5) is 11.9. The summed E-state index contributed by atoms with van der Waals surface area (Å²) in [5.74, 6) is 0.525. The number of hydrogen-bond acceptors (Lipinski definition) is 3. The maximum absolute atomic E-state index is 11.9. The molecule has 1 rings (SSSR count). The van der Waals surface area contributed by atoms with E-state index in [-0.39, 0.29) is 11.9 Å². The lowest BCUT2D eigenvalue weighted by Crippen LogP contribution is -2.32. The average Bonchev–Trinajstić information content (AvgIpc) is 2.92. The Kier molecular flexibility index (Phi) is 9.60. The van der Waals surface area contributed by atoms with E-state index in [9.17, 15) is 4.79 Å². The lowest BCUT2D eigenvalue weighted by Gasteiger charge is -2.12. The number of unbranched alkanes of at least 4 members (excludes halogenated alkanes) is 8. The number of nitrogens with one attached hydrogen (secondary N) is 1. The van der Waals surface area contributed by atoms with Crippen LogP contribution in [0.4, 0.5) is 0 Å². The van der Waals surface area contributed by atoms with E-state index in [0.717, 1.165) is 6.42 Å². The highest BCUT2D eigenvalue weighted by molar-refractivity contribution is 5.92. The number of aromatic nitrogens is 1. The minimum absolute atomic E-state index is 0.139. The van der Waals surface area contributed by atoms with E-state index in [2.05, 4.69) is 24.3 Å². The zero-order chi connectivity index (χ0) is 16.2. The van der Waals surface area contributed by atoms with Crippen LogP contribution >= 0.6 is 0 Å². The van der Waals surface area contributed by atoms with Crippen molar-refractivity contribution in [3.8, 4) is 0 Å². The molecule has 4 nitrogen and oxygen atoms in total. The van der Waals surface area contributed by atoms with Crippen molar-refractivity contribution < 1.29 is 9.32 Å². The SMILES string of the molecule is CCCCCCCCCCCC(C)NC(=O)c1cc(C)on1. The van der Waals surface area contributed by atoms with Crippen LogP contribution in [0.1, 0.15) is 94.3 Å². The van der Waals surface area contributed by atoms with Gasteiger partial charge < -0.3 is 9.84 Å². The number of carbonyl (C=O) groups excluding carboxylic acids is 1. The minimum Gasteiger partial charge on any atom is -0.361 e. The maximum Gasteiger partial charge on any atom is 0.273 e. The van der Waals surface area contributed by atoms with Gasteiger partial charge in [-0.15, -0.1) is 0 Å². The molecule has 0 aliphatic rings. The highest BCUT2D eigenvalue weighted by atomic mass is 16.5. The van der Waals surface area contributed by atoms with Crippen LogP contribution in [-0.4, -0.2) is 17.1 Å². The van der Waals surface area contributed by atoms with Crippen LogP contribution in [0.25, 0.3) is 0 Å². The third kappa shape index (κ3) is 8.20. The van der Waals surface area contributed by atoms with Gasteiger partial charge in [0.05, 0.1) is 0 Å². The number of aryl methyl sites for hydroxylation is 1. The average molecular weight is 308 g/mol. The second kappa shape index (κ2) is 11.3. The molecule has 0 saturated heterocycles. The summed E-state index contributed by atoms with van der Waals surface area (Å²) < 4.78 is 4.92. The molecular formula is C18H32N2O2. The van der Waals surface area contributed by atoms with Crippen molar-refractivity contribution in [2.75, 3.05) is 0 Å². The first-order valence-electron chi connectivity index (χ1n) is 8.87. The molecule has 1 amide bonds. The molecule has 22 heavy (non-hydrogen) atoms. The van der Waals surface area contributed by atoms with Gasteiger partial charge in [-0.05, 0) is 20.3 Å². The van der Waals surface area contributed by atoms with E-state index < -0.39 is 0 Å². The lowest BCUT2D eigenvalue weighted by atomic mass is 10.0. The largest absolute Gasteiger partial charge is 0.361 e. The van der Waals surface area contributed by atoms with Crippen molar-refractivity contribution in [3.63, 3.8) is 0 Å². The third-order valence-electron chi connectivity index (χ3n) is 3.98. The molecule has 1 aromatic rings. The van der Waals surface area contributed by atoms with E-state index in [1.165, 1.54) is 57.8 Å². The second-order valence-corrected chi connectivity index (χ2v) is 6.31. The fraction of sp³-hybridized carbons (Fsp3) is 0.778. The first-order chi connectivity index (χ1) is 10.6. The second-order valence-electron chi connectivity index (χ2n) is 6.31. The fourth-order valence-corrected chi connectivity index (χ4v) is 2.60. The van der Waals surface area contributed by atoms with E-state index in [4.69, 9.17) is 4.52 Å². The van der Waals surface area contributed by atoms with Crippen molar-refractivity contribution >= 4 is 5.91 Å². The van der Waals surface area contributed by atoms with Gasteiger partial charge in [-0.2, -0.15) is 0 Å². The summed E-state index contributed by atoms with van der Waals surface area (Å²) in [5.41, 5.74) is 0.372. The van der Waals surface area contributed by atoms with Crippen molar-refractivity contribution in [2.45, 2.75) is 91.0 Å². The van der Waals surface area contributed by atoms with Gasteiger partial charge in [0.1, 0.15) is 5.76 Å². The quantitative estimate of drug-likeness (QED) is 0.551. The molecule has 1 aromatic heterocycles. The molecule has 4 heteroatoms. The van der Waals surface area contributed by atoms with Gasteiger partial charge in [0, 0.05) is 12.1 Å². The zero-order valence-corrected chi connectivity index (χ0v) is 14.5. The molecule has 0 radical (unpaired) electrons. The molecule has 0 aliphatic carbocycles. The van der Waals surface area contributed by atoms with Crippen LogP contribution in [0.3, 0.4) is 0 Å². The Morgan fingerprint density at radius 1 is 1.14 bits per heavy atom. The molecule has 0 aliphatic heterocycles. The molecule has 0 fully saturated rings. The lowest BCUT2D eigenvalue weighted by molar-refractivity contribution is 0.0928. The van der Waals surface area contributed by atoms with Gasteiger partial charge in [-0.1, -0.05) is 69.9 Å². The maximum atomic E-state index is 11.9. The van der Waals surface area contributed by atoms with Crippen molar-refractivity contribution in [3.05, 3.63) is 17.5 Å². The van der Waals surface area contributed by atoms with Gasteiger partial charge >= 0.3 is 0 Å². The summed E-state index contributed by atoms with van der Waals surface area (Å²) in [6.07, 6.45) is 13.0. The first kappa shape index (κ1) is 18.7. The van der Waals surface area contributed by atoms with Crippen LogP contribution in [0, 0.1) is 6.92 Å². The van der Waals surface area contributed by atoms with Gasteiger partial charge in [0.15, 0.2) is 5.69 Å². The molecule has 0 aromatic carbocycles. The molecule has 1 heterocycles. The molecular weight excluding hydrogens is 276 g/mol. The fourth-order valence-electron chi connectivity index (χ4n) is 2.60. The Morgan fingerprint density at radius 2 is 1.73 bits per heavy atom. The first-order valence-corrected chi connectivity index (χ1v) is 8.87. The molecule has 0 bridgehead atoms. The molecule has 1 atom stereocenters. The molecule has 0 saturated carbocycles. The standard InChI is InChI=1S/C18H32N2O2/c1-4-5-6-7-8-9-10-11-12-13-15(2)19-18(21)17-14-16(3)22-20-17/h14-15H,4-13H2,1-3H3,(H,19,21). The number of carbonyl (C=O) groups is 1. The summed E-state index contributed by atoms with van der Waals surface area (Å²) in [7, 11) is 0. The van der Waals surface area contributed by atoms with Gasteiger partial charge in [-0.25, -0.2) is 0 Å². The predicted molar refractivity (Wildman–Crippen MR) is 90.0 cm³/mol. The van der Waals surface area contributed by atoms with E-state index in [1.807, 2.05) is 0 Å². The van der Waals surface area contributed by atoms with Crippen molar-refractivity contribution in [1.29, 1.82) is 0 Å². The summed E-state index contributed by atoms with van der Waals surface area (Å²) >= 11 is 0. The van der Waals surface area contributed by atoms with E-state index >= 15 is 0 Å². The molecule has 1 N–H and O–H groups in total. The smallest absolute Gasteiger partial charge is 0.273 e. The van der Waals surface area contributed by atoms with Crippen LogP contribution in [0.15, 0.2) is 10.6 Å². The number of nitrogens with zero attached hydrogens (tertiary/aromatic N) is 1. The van der Waals surface area contributed by atoms with Gasteiger partial charge in [0.2, 0.25) is 0 Å². The predicted octanol–water partition coefficient (Wildman–Crippen LogP) is 5.02. The minimum atomic E-state index is -0.139. The highest BCUT2D eigenvalue weighted by Crippen LogP contribution is 2.11. The van der Waals surface area contributed by atoms with Crippen LogP contribution in [-0.2, 0) is 0 Å². The summed E-state index contributed by atoms with van der Waals surface area (Å²) in [6, 6.07) is 1.86. The van der Waals surface area contributed by atoms with Gasteiger partial charge in [-0.3, -0.25) is 4.79 Å². The topological polar surface area (TPSA) is 55.1 Å². The van der Waals surface area contributed by atoms with E-state index in [1.54, 1.807) is 13.0 Å². The molecule has 1 unspecified atom stereocenters. The normalized spacial score (nSPS) is 12.3. The van der Waals surface area contributed by atoms with E-state index in [0.29, 0.717) is 11.5 Å². The molecule has 0 spiro atoms. The number of amides is 1. The van der Waals surface area contributed by atoms with Crippen LogP contribution < -0.4 is 5.32 Å². The number of rotatable bonds is 12. The van der Waals surface area contributed by atoms with Gasteiger partial charge in [0.25, 0.3) is 5.91 Å². The Hall–Kier alpha value is -1.32. The monoisotopic (exact) mass is 308 g/mol. The Labute approximate surface area is 135 Å². The number of hydrogen-bond donors (Lipinski definition) is 1. The summed E-state index contributed by atoms with van der Waals surface area (Å²) in [6.45, 7) is 6.09. The Balaban J connectivity index is 1.99.